The smallest absolute Gasteiger partial charge is 0.270 e. The molecule has 2 atom stereocenters. The Balaban J connectivity index is 1.86. The lowest BCUT2D eigenvalue weighted by Gasteiger charge is -2.24. The molecular formula is C19H25FN4O4. The van der Waals surface area contributed by atoms with Crippen LogP contribution in [0.5, 0.6) is 5.75 Å². The van der Waals surface area contributed by atoms with Crippen molar-refractivity contribution in [2.24, 2.45) is 0 Å². The lowest BCUT2D eigenvalue weighted by molar-refractivity contribution is -0.00716. The van der Waals surface area contributed by atoms with E-state index in [1.807, 2.05) is 13.8 Å². The number of fused-ring (bicyclic) bond motifs is 1. The van der Waals surface area contributed by atoms with Gasteiger partial charge < -0.3 is 19.5 Å². The third kappa shape index (κ3) is 4.00. The van der Waals surface area contributed by atoms with Crippen molar-refractivity contribution in [3.63, 3.8) is 0 Å². The number of aromatic nitrogens is 3. The quantitative estimate of drug-likeness (QED) is 0.776. The van der Waals surface area contributed by atoms with Crippen LogP contribution in [0.3, 0.4) is 0 Å². The first-order chi connectivity index (χ1) is 13.5. The molecule has 2 aromatic heterocycles. The molecular weight excluding hydrogens is 367 g/mol. The molecule has 3 heterocycles. The minimum Gasteiger partial charge on any atom is -0.494 e. The van der Waals surface area contributed by atoms with E-state index >= 15 is 0 Å². The number of hydrogen-bond donors (Lipinski definition) is 1. The summed E-state index contributed by atoms with van der Waals surface area (Å²) in [6.45, 7) is 4.66. The Hall–Kier alpha value is -2.52. The molecule has 0 aromatic carbocycles. The Morgan fingerprint density at radius 3 is 2.93 bits per heavy atom. The van der Waals surface area contributed by atoms with Crippen LogP contribution in [0.15, 0.2) is 12.3 Å². The zero-order chi connectivity index (χ0) is 20.3. The van der Waals surface area contributed by atoms with Gasteiger partial charge in [-0.1, -0.05) is 0 Å². The third-order valence-electron chi connectivity index (χ3n) is 4.68. The van der Waals surface area contributed by atoms with Crippen LogP contribution in [-0.4, -0.2) is 47.6 Å². The summed E-state index contributed by atoms with van der Waals surface area (Å²) in [6, 6.07) is 1.43. The molecule has 1 aliphatic rings. The number of halogens is 1. The molecule has 1 aliphatic heterocycles. The van der Waals surface area contributed by atoms with Crippen molar-refractivity contribution in [2.75, 3.05) is 20.8 Å². The lowest BCUT2D eigenvalue weighted by atomic mass is 9.99. The Kier molecular flexibility index (Phi) is 6.25. The number of rotatable bonds is 7. The van der Waals surface area contributed by atoms with Crippen molar-refractivity contribution in [1.82, 2.24) is 20.1 Å². The molecule has 152 valence electrons. The summed E-state index contributed by atoms with van der Waals surface area (Å²) in [7, 11) is 2.97. The zero-order valence-electron chi connectivity index (χ0n) is 16.5. The van der Waals surface area contributed by atoms with E-state index in [0.717, 1.165) is 11.3 Å². The molecule has 0 saturated heterocycles. The summed E-state index contributed by atoms with van der Waals surface area (Å²) in [5.41, 5.74) is 2.18. The van der Waals surface area contributed by atoms with Crippen LogP contribution in [0.25, 0.3) is 0 Å². The van der Waals surface area contributed by atoms with Crippen LogP contribution in [-0.2, 0) is 29.0 Å². The van der Waals surface area contributed by atoms with Crippen LogP contribution >= 0.6 is 0 Å². The van der Waals surface area contributed by atoms with E-state index in [1.165, 1.54) is 19.4 Å². The predicted molar refractivity (Wildman–Crippen MR) is 98.7 cm³/mol. The second-order valence-electron chi connectivity index (χ2n) is 6.68. The maximum absolute atomic E-state index is 14.3. The number of carbonyl (C=O) groups excluding carboxylic acids is 1. The average molecular weight is 392 g/mol. The van der Waals surface area contributed by atoms with E-state index < -0.39 is 5.82 Å². The Bertz CT molecular complexity index is 855. The minimum atomic E-state index is -0.587. The average Bonchev–Trinajstić information content (AvgIpc) is 3.04. The molecule has 0 fully saturated rings. The van der Waals surface area contributed by atoms with E-state index in [4.69, 9.17) is 14.2 Å². The van der Waals surface area contributed by atoms with Gasteiger partial charge in [-0.25, -0.2) is 4.39 Å². The summed E-state index contributed by atoms with van der Waals surface area (Å²) >= 11 is 0. The van der Waals surface area contributed by atoms with Gasteiger partial charge >= 0.3 is 0 Å². The van der Waals surface area contributed by atoms with Crippen molar-refractivity contribution >= 4 is 5.91 Å². The second kappa shape index (κ2) is 8.66. The first-order valence-corrected chi connectivity index (χ1v) is 9.15. The van der Waals surface area contributed by atoms with Crippen molar-refractivity contribution < 1.29 is 23.4 Å². The number of pyridine rings is 1. The number of amides is 1. The summed E-state index contributed by atoms with van der Waals surface area (Å²) in [6.07, 6.45) is 1.80. The SMILES string of the molecule is COCCn1nc2c(c1C(=O)NCc1nccc(OC)c1F)C[C@H](C)O[C@@H]2C. The first kappa shape index (κ1) is 20.2. The Labute approximate surface area is 163 Å². The molecule has 0 saturated carbocycles. The number of nitrogens with zero attached hydrogens (tertiary/aromatic N) is 3. The first-order valence-electron chi connectivity index (χ1n) is 9.15. The van der Waals surface area contributed by atoms with E-state index in [9.17, 15) is 9.18 Å². The van der Waals surface area contributed by atoms with Gasteiger partial charge in [0.25, 0.3) is 5.91 Å². The molecule has 0 bridgehead atoms. The topological polar surface area (TPSA) is 87.5 Å². The zero-order valence-corrected chi connectivity index (χ0v) is 16.5. The van der Waals surface area contributed by atoms with Crippen LogP contribution < -0.4 is 10.1 Å². The predicted octanol–water partition coefficient (Wildman–Crippen LogP) is 2.02. The number of carbonyl (C=O) groups is 1. The van der Waals surface area contributed by atoms with Gasteiger partial charge in [-0.3, -0.25) is 14.5 Å². The fourth-order valence-corrected chi connectivity index (χ4v) is 3.38. The highest BCUT2D eigenvalue weighted by atomic mass is 19.1. The third-order valence-corrected chi connectivity index (χ3v) is 4.68. The van der Waals surface area contributed by atoms with Crippen LogP contribution in [0.1, 0.15) is 47.4 Å². The molecule has 1 amide bonds. The van der Waals surface area contributed by atoms with Gasteiger partial charge in [0.15, 0.2) is 11.6 Å². The molecule has 0 spiro atoms. The van der Waals surface area contributed by atoms with Crippen molar-refractivity contribution in [1.29, 1.82) is 0 Å². The molecule has 0 unspecified atom stereocenters. The highest BCUT2D eigenvalue weighted by Gasteiger charge is 2.32. The van der Waals surface area contributed by atoms with E-state index in [1.54, 1.807) is 11.8 Å². The summed E-state index contributed by atoms with van der Waals surface area (Å²) < 4.78 is 31.8. The number of methoxy groups -OCH3 is 2. The van der Waals surface area contributed by atoms with Gasteiger partial charge in [0.2, 0.25) is 0 Å². The van der Waals surface area contributed by atoms with Crippen LogP contribution in [0.4, 0.5) is 4.39 Å². The summed E-state index contributed by atoms with van der Waals surface area (Å²) in [4.78, 5) is 17.0. The minimum absolute atomic E-state index is 0.0216. The molecule has 0 radical (unpaired) electrons. The molecule has 0 aliphatic carbocycles. The lowest BCUT2D eigenvalue weighted by Crippen LogP contribution is -2.29. The number of hydrogen-bond acceptors (Lipinski definition) is 6. The van der Waals surface area contributed by atoms with Gasteiger partial charge in [-0.2, -0.15) is 5.10 Å². The van der Waals surface area contributed by atoms with Gasteiger partial charge in [0, 0.05) is 31.4 Å². The molecule has 8 nitrogen and oxygen atoms in total. The van der Waals surface area contributed by atoms with Gasteiger partial charge in [0.05, 0.1) is 50.4 Å². The fourth-order valence-electron chi connectivity index (χ4n) is 3.38. The molecule has 2 aromatic rings. The molecule has 9 heteroatoms. The van der Waals surface area contributed by atoms with Crippen LogP contribution in [0.2, 0.25) is 0 Å². The highest BCUT2D eigenvalue weighted by molar-refractivity contribution is 5.94. The number of ether oxygens (including phenoxy) is 3. The monoisotopic (exact) mass is 392 g/mol. The highest BCUT2D eigenvalue weighted by Crippen LogP contribution is 2.31. The van der Waals surface area contributed by atoms with Gasteiger partial charge in [-0.15, -0.1) is 0 Å². The second-order valence-corrected chi connectivity index (χ2v) is 6.68. The van der Waals surface area contributed by atoms with Gasteiger partial charge in [-0.05, 0) is 13.8 Å². The van der Waals surface area contributed by atoms with E-state index in [2.05, 4.69) is 15.4 Å². The number of nitrogens with one attached hydrogen (secondary N) is 1. The molecule has 1 N–H and O–H groups in total. The van der Waals surface area contributed by atoms with Crippen molar-refractivity contribution in [3.8, 4) is 5.75 Å². The van der Waals surface area contributed by atoms with E-state index in [0.29, 0.717) is 25.3 Å². The largest absolute Gasteiger partial charge is 0.494 e. The maximum atomic E-state index is 14.3. The molecule has 28 heavy (non-hydrogen) atoms. The summed E-state index contributed by atoms with van der Waals surface area (Å²) in [5, 5.41) is 7.32. The summed E-state index contributed by atoms with van der Waals surface area (Å²) in [5.74, 6) is -0.840. The Morgan fingerprint density at radius 1 is 1.43 bits per heavy atom. The van der Waals surface area contributed by atoms with Gasteiger partial charge in [0.1, 0.15) is 5.69 Å². The van der Waals surface area contributed by atoms with Crippen molar-refractivity contribution in [3.05, 3.63) is 40.7 Å². The van der Waals surface area contributed by atoms with Crippen molar-refractivity contribution in [2.45, 2.75) is 45.6 Å². The Morgan fingerprint density at radius 2 is 2.21 bits per heavy atom. The van der Waals surface area contributed by atoms with E-state index in [-0.39, 0.29) is 36.1 Å². The fraction of sp³-hybridized carbons (Fsp3) is 0.526. The standard InChI is InChI=1S/C19H25FN4O4/c1-11-9-13-17(12(2)28-11)23-24(7-8-26-3)18(13)19(25)22-10-14-16(20)15(27-4)5-6-21-14/h5-6,11-12H,7-10H2,1-4H3,(H,22,25)/t11-,12+/m0/s1. The molecule has 3 rings (SSSR count). The van der Waals surface area contributed by atoms with Crippen LogP contribution in [0, 0.1) is 5.82 Å². The normalized spacial score (nSPS) is 18.6. The maximum Gasteiger partial charge on any atom is 0.270 e.